The molecule has 3 rings (SSSR count). The normalized spacial score (nSPS) is 22.7. The Kier molecular flexibility index (Phi) is 6.12. The molecule has 0 bridgehead atoms. The summed E-state index contributed by atoms with van der Waals surface area (Å²) >= 11 is 0. The number of nitrogens with zero attached hydrogens (tertiary/aromatic N) is 2. The van der Waals surface area contributed by atoms with Gasteiger partial charge in [-0.25, -0.2) is 9.18 Å². The second kappa shape index (κ2) is 8.53. The molecule has 3 N–H and O–H groups in total. The number of anilines is 2. The Bertz CT molecular complexity index is 702. The lowest BCUT2D eigenvalue weighted by Crippen LogP contribution is -2.46. The number of rotatable bonds is 6. The quantitative estimate of drug-likeness (QED) is 0.759. The van der Waals surface area contributed by atoms with Gasteiger partial charge in [0.2, 0.25) is 5.91 Å². The average molecular weight is 380 g/mol. The van der Waals surface area contributed by atoms with Crippen molar-refractivity contribution in [2.24, 2.45) is 5.73 Å². The SMILES string of the molecule is CC(=O)NCC[C@H]1CN(c2ccc(N3CCO[C@H](CN)C3)c(F)c2)C(=O)O1. The molecule has 9 heteroatoms. The van der Waals surface area contributed by atoms with Crippen LogP contribution in [0.25, 0.3) is 0 Å². The lowest BCUT2D eigenvalue weighted by Gasteiger charge is -2.34. The summed E-state index contributed by atoms with van der Waals surface area (Å²) in [6.07, 6.45) is -0.451. The number of morpholine rings is 1. The molecule has 1 aromatic rings. The van der Waals surface area contributed by atoms with Gasteiger partial charge in [-0.3, -0.25) is 9.69 Å². The second-order valence-corrected chi connectivity index (χ2v) is 6.70. The van der Waals surface area contributed by atoms with Crippen LogP contribution in [0.5, 0.6) is 0 Å². The highest BCUT2D eigenvalue weighted by atomic mass is 19.1. The minimum atomic E-state index is -0.510. The third-order valence-electron chi connectivity index (χ3n) is 4.70. The topological polar surface area (TPSA) is 97.1 Å². The zero-order valence-corrected chi connectivity index (χ0v) is 15.3. The first kappa shape index (κ1) is 19.4. The van der Waals surface area contributed by atoms with E-state index < -0.39 is 11.9 Å². The summed E-state index contributed by atoms with van der Waals surface area (Å²) in [5, 5.41) is 2.67. The van der Waals surface area contributed by atoms with E-state index in [0.717, 1.165) is 0 Å². The third kappa shape index (κ3) is 4.67. The third-order valence-corrected chi connectivity index (χ3v) is 4.70. The Morgan fingerprint density at radius 2 is 2.19 bits per heavy atom. The maximum absolute atomic E-state index is 14.7. The van der Waals surface area contributed by atoms with E-state index in [9.17, 15) is 14.0 Å². The van der Waals surface area contributed by atoms with Gasteiger partial charge in [0.05, 0.1) is 30.6 Å². The fourth-order valence-electron chi connectivity index (χ4n) is 3.29. The zero-order chi connectivity index (χ0) is 19.4. The maximum atomic E-state index is 14.7. The summed E-state index contributed by atoms with van der Waals surface area (Å²) in [5.41, 5.74) is 6.56. The van der Waals surface area contributed by atoms with Gasteiger partial charge in [0, 0.05) is 39.5 Å². The highest BCUT2D eigenvalue weighted by molar-refractivity contribution is 5.90. The largest absolute Gasteiger partial charge is 0.444 e. The molecule has 2 fully saturated rings. The van der Waals surface area contributed by atoms with Gasteiger partial charge in [-0.05, 0) is 18.2 Å². The van der Waals surface area contributed by atoms with E-state index in [1.54, 1.807) is 12.1 Å². The molecule has 1 aromatic carbocycles. The molecule has 0 unspecified atom stereocenters. The van der Waals surface area contributed by atoms with Crippen LogP contribution in [0.2, 0.25) is 0 Å². The van der Waals surface area contributed by atoms with Crippen molar-refractivity contribution in [3.63, 3.8) is 0 Å². The van der Waals surface area contributed by atoms with Crippen molar-refractivity contribution in [3.8, 4) is 0 Å². The Morgan fingerprint density at radius 1 is 1.37 bits per heavy atom. The highest BCUT2D eigenvalue weighted by Crippen LogP contribution is 2.29. The summed E-state index contributed by atoms with van der Waals surface area (Å²) in [7, 11) is 0. The van der Waals surface area contributed by atoms with Crippen LogP contribution in [0.4, 0.5) is 20.6 Å². The molecule has 2 aliphatic heterocycles. The smallest absolute Gasteiger partial charge is 0.414 e. The Labute approximate surface area is 157 Å². The van der Waals surface area contributed by atoms with E-state index >= 15 is 0 Å². The van der Waals surface area contributed by atoms with Gasteiger partial charge in [0.1, 0.15) is 11.9 Å². The van der Waals surface area contributed by atoms with E-state index in [-0.39, 0.29) is 18.1 Å². The van der Waals surface area contributed by atoms with Gasteiger partial charge in [-0.2, -0.15) is 0 Å². The highest BCUT2D eigenvalue weighted by Gasteiger charge is 2.32. The second-order valence-electron chi connectivity index (χ2n) is 6.70. The van der Waals surface area contributed by atoms with Crippen molar-refractivity contribution in [1.29, 1.82) is 0 Å². The van der Waals surface area contributed by atoms with Crippen LogP contribution in [0, 0.1) is 5.82 Å². The van der Waals surface area contributed by atoms with Crippen molar-refractivity contribution in [3.05, 3.63) is 24.0 Å². The van der Waals surface area contributed by atoms with Crippen molar-refractivity contribution >= 4 is 23.4 Å². The number of benzene rings is 1. The van der Waals surface area contributed by atoms with E-state index in [4.69, 9.17) is 15.2 Å². The van der Waals surface area contributed by atoms with Crippen LogP contribution in [0.15, 0.2) is 18.2 Å². The number of hydrogen-bond acceptors (Lipinski definition) is 6. The Balaban J connectivity index is 1.65. The van der Waals surface area contributed by atoms with Gasteiger partial charge >= 0.3 is 6.09 Å². The van der Waals surface area contributed by atoms with Crippen LogP contribution < -0.4 is 20.9 Å². The maximum Gasteiger partial charge on any atom is 0.414 e. The Hall–Kier alpha value is -2.39. The van der Waals surface area contributed by atoms with Gasteiger partial charge < -0.3 is 25.4 Å². The molecule has 2 aliphatic rings. The average Bonchev–Trinajstić information content (AvgIpc) is 3.02. The number of carbonyl (C=O) groups excluding carboxylic acids is 2. The molecule has 2 heterocycles. The first-order valence-electron chi connectivity index (χ1n) is 9.06. The molecule has 0 aliphatic carbocycles. The summed E-state index contributed by atoms with van der Waals surface area (Å²) in [4.78, 5) is 26.3. The molecule has 2 atom stereocenters. The molecular formula is C18H25FN4O4. The summed E-state index contributed by atoms with van der Waals surface area (Å²) < 4.78 is 25.5. The molecule has 0 saturated carbocycles. The summed E-state index contributed by atoms with van der Waals surface area (Å²) in [6.45, 7) is 4.18. The molecule has 148 valence electrons. The van der Waals surface area contributed by atoms with Crippen molar-refractivity contribution < 1.29 is 23.5 Å². The zero-order valence-electron chi connectivity index (χ0n) is 15.3. The minimum absolute atomic E-state index is 0.115. The number of ether oxygens (including phenoxy) is 2. The van der Waals surface area contributed by atoms with Crippen molar-refractivity contribution in [2.75, 3.05) is 49.1 Å². The Morgan fingerprint density at radius 3 is 2.89 bits per heavy atom. The molecule has 0 aromatic heterocycles. The van der Waals surface area contributed by atoms with Crippen LogP contribution in [-0.4, -0.2) is 63.5 Å². The molecule has 2 amide bonds. The lowest BCUT2D eigenvalue weighted by molar-refractivity contribution is -0.119. The van der Waals surface area contributed by atoms with E-state index in [0.29, 0.717) is 57.1 Å². The minimum Gasteiger partial charge on any atom is -0.444 e. The van der Waals surface area contributed by atoms with Crippen LogP contribution in [0.3, 0.4) is 0 Å². The first-order valence-corrected chi connectivity index (χ1v) is 9.06. The molecule has 0 spiro atoms. The monoisotopic (exact) mass is 380 g/mol. The van der Waals surface area contributed by atoms with Crippen LogP contribution in [0.1, 0.15) is 13.3 Å². The van der Waals surface area contributed by atoms with Crippen molar-refractivity contribution in [1.82, 2.24) is 5.32 Å². The van der Waals surface area contributed by atoms with Gasteiger partial charge in [0.15, 0.2) is 0 Å². The van der Waals surface area contributed by atoms with Gasteiger partial charge in [-0.15, -0.1) is 0 Å². The predicted molar refractivity (Wildman–Crippen MR) is 98.3 cm³/mol. The number of halogens is 1. The summed E-state index contributed by atoms with van der Waals surface area (Å²) in [6, 6.07) is 4.73. The summed E-state index contributed by atoms with van der Waals surface area (Å²) in [5.74, 6) is -0.534. The first-order chi connectivity index (χ1) is 13.0. The number of amides is 2. The standard InChI is InChI=1S/C18H25FN4O4/c1-12(24)21-5-4-14-11-23(18(25)27-14)13-2-3-17(16(19)8-13)22-6-7-26-15(9-20)10-22/h2-3,8,14-15H,4-7,9-11,20H2,1H3,(H,21,24)/t14-,15+/m0/s1. The molecule has 27 heavy (non-hydrogen) atoms. The number of cyclic esters (lactones) is 1. The molecule has 8 nitrogen and oxygen atoms in total. The number of carbonyl (C=O) groups is 2. The van der Waals surface area contributed by atoms with Crippen molar-refractivity contribution in [2.45, 2.75) is 25.6 Å². The predicted octanol–water partition coefficient (Wildman–Crippen LogP) is 0.841. The number of nitrogens with one attached hydrogen (secondary N) is 1. The number of hydrogen-bond donors (Lipinski definition) is 2. The molecule has 0 radical (unpaired) electrons. The van der Waals surface area contributed by atoms with E-state index in [1.165, 1.54) is 17.9 Å². The van der Waals surface area contributed by atoms with Gasteiger partial charge in [0.25, 0.3) is 0 Å². The van der Waals surface area contributed by atoms with Crippen LogP contribution >= 0.6 is 0 Å². The van der Waals surface area contributed by atoms with Crippen LogP contribution in [-0.2, 0) is 14.3 Å². The van der Waals surface area contributed by atoms with E-state index in [1.807, 2.05) is 4.90 Å². The molecule has 2 saturated heterocycles. The van der Waals surface area contributed by atoms with E-state index in [2.05, 4.69) is 5.32 Å². The number of nitrogens with two attached hydrogens (primary N) is 1. The lowest BCUT2D eigenvalue weighted by atomic mass is 10.2. The fourth-order valence-corrected chi connectivity index (χ4v) is 3.29. The molecular weight excluding hydrogens is 355 g/mol. The fraction of sp³-hybridized carbons (Fsp3) is 0.556. The van der Waals surface area contributed by atoms with Gasteiger partial charge in [-0.1, -0.05) is 0 Å².